The van der Waals surface area contributed by atoms with Gasteiger partial charge in [-0.05, 0) is 31.0 Å². The van der Waals surface area contributed by atoms with E-state index in [0.29, 0.717) is 5.56 Å². The van der Waals surface area contributed by atoms with E-state index in [-0.39, 0.29) is 35.3 Å². The lowest BCUT2D eigenvalue weighted by molar-refractivity contribution is -0.0945. The lowest BCUT2D eigenvalue weighted by atomic mass is 9.89. The number of ether oxygens (including phenoxy) is 1. The zero-order valence-corrected chi connectivity index (χ0v) is 17.6. The third-order valence-corrected chi connectivity index (χ3v) is 3.99. The quantitative estimate of drug-likeness (QED) is 0.330. The standard InChI is InChI=1S/C18H28N4O2.HI/c1-4-20-17(22-11-18(2)12-24-13-18)21-9-8-14-6-5-7-15(10-14)16(23)19-3;/h5-7,10H,4,8-9,11-13H2,1-3H3,(H,19,23)(H2,20,21,22);1H. The molecule has 1 aromatic carbocycles. The maximum Gasteiger partial charge on any atom is 0.251 e. The van der Waals surface area contributed by atoms with Crippen LogP contribution < -0.4 is 16.0 Å². The average Bonchev–Trinajstić information content (AvgIpc) is 2.57. The molecule has 1 saturated heterocycles. The number of nitrogens with one attached hydrogen (secondary N) is 3. The van der Waals surface area contributed by atoms with E-state index in [1.165, 1.54) is 0 Å². The predicted octanol–water partition coefficient (Wildman–Crippen LogP) is 1.80. The van der Waals surface area contributed by atoms with Crippen LogP contribution in [-0.4, -0.2) is 51.8 Å². The number of hydrogen-bond donors (Lipinski definition) is 3. The van der Waals surface area contributed by atoms with E-state index in [2.05, 4.69) is 34.8 Å². The Labute approximate surface area is 167 Å². The Morgan fingerprint density at radius 2 is 2.08 bits per heavy atom. The second kappa shape index (κ2) is 10.6. The molecule has 0 saturated carbocycles. The fourth-order valence-electron chi connectivity index (χ4n) is 2.49. The van der Waals surface area contributed by atoms with E-state index in [4.69, 9.17) is 4.74 Å². The van der Waals surface area contributed by atoms with Gasteiger partial charge in [0.25, 0.3) is 5.91 Å². The van der Waals surface area contributed by atoms with Crippen LogP contribution in [0.25, 0.3) is 0 Å². The molecule has 1 fully saturated rings. The Morgan fingerprint density at radius 3 is 2.68 bits per heavy atom. The lowest BCUT2D eigenvalue weighted by Gasteiger charge is -2.36. The summed E-state index contributed by atoms with van der Waals surface area (Å²) in [5.74, 6) is 0.767. The Hall–Kier alpha value is -1.35. The first kappa shape index (κ1) is 21.7. The van der Waals surface area contributed by atoms with Crippen molar-refractivity contribution < 1.29 is 9.53 Å². The molecule has 0 unspecified atom stereocenters. The number of amides is 1. The average molecular weight is 460 g/mol. The molecule has 0 aliphatic carbocycles. The van der Waals surface area contributed by atoms with Gasteiger partial charge in [0.1, 0.15) is 0 Å². The minimum Gasteiger partial charge on any atom is -0.380 e. The van der Waals surface area contributed by atoms with Gasteiger partial charge in [0.15, 0.2) is 5.96 Å². The van der Waals surface area contributed by atoms with Crippen molar-refractivity contribution in [1.29, 1.82) is 0 Å². The molecule has 2 rings (SSSR count). The summed E-state index contributed by atoms with van der Waals surface area (Å²) in [5.41, 5.74) is 1.98. The molecule has 140 valence electrons. The second-order valence-electron chi connectivity index (χ2n) is 6.45. The van der Waals surface area contributed by atoms with Crippen LogP contribution in [0, 0.1) is 5.41 Å². The van der Waals surface area contributed by atoms with Crippen molar-refractivity contribution in [2.75, 3.05) is 39.9 Å². The number of benzene rings is 1. The van der Waals surface area contributed by atoms with Gasteiger partial charge in [-0.1, -0.05) is 19.1 Å². The highest BCUT2D eigenvalue weighted by molar-refractivity contribution is 14.0. The highest BCUT2D eigenvalue weighted by atomic mass is 127. The summed E-state index contributed by atoms with van der Waals surface area (Å²) in [6.45, 7) is 8.15. The number of carbonyl (C=O) groups excluding carboxylic acids is 1. The molecule has 3 N–H and O–H groups in total. The number of nitrogens with zero attached hydrogens (tertiary/aromatic N) is 1. The fourth-order valence-corrected chi connectivity index (χ4v) is 2.49. The number of guanidine groups is 1. The molecular weight excluding hydrogens is 431 g/mol. The van der Waals surface area contributed by atoms with Crippen LogP contribution in [0.15, 0.2) is 29.3 Å². The van der Waals surface area contributed by atoms with Gasteiger partial charge >= 0.3 is 0 Å². The van der Waals surface area contributed by atoms with Crippen LogP contribution in [0.5, 0.6) is 0 Å². The summed E-state index contributed by atoms with van der Waals surface area (Å²) in [4.78, 5) is 16.3. The van der Waals surface area contributed by atoms with Gasteiger partial charge in [-0.3, -0.25) is 9.79 Å². The van der Waals surface area contributed by atoms with Crippen LogP contribution >= 0.6 is 24.0 Å². The SMILES string of the molecule is CCNC(=NCC1(C)COC1)NCCc1cccc(C(=O)NC)c1.I. The lowest BCUT2D eigenvalue weighted by Crippen LogP contribution is -2.44. The van der Waals surface area contributed by atoms with Gasteiger partial charge in [0.05, 0.1) is 19.8 Å². The molecule has 1 aromatic rings. The molecule has 25 heavy (non-hydrogen) atoms. The Bertz CT molecular complexity index is 588. The van der Waals surface area contributed by atoms with E-state index >= 15 is 0 Å². The van der Waals surface area contributed by atoms with Crippen molar-refractivity contribution in [2.24, 2.45) is 10.4 Å². The summed E-state index contributed by atoms with van der Waals surface area (Å²) in [6.07, 6.45) is 0.829. The third-order valence-electron chi connectivity index (χ3n) is 3.99. The monoisotopic (exact) mass is 460 g/mol. The Balaban J connectivity index is 0.00000312. The molecule has 0 aromatic heterocycles. The molecule has 1 aliphatic rings. The first-order valence-corrected chi connectivity index (χ1v) is 8.47. The number of halogens is 1. The molecule has 0 radical (unpaired) electrons. The largest absolute Gasteiger partial charge is 0.380 e. The molecule has 0 spiro atoms. The number of hydrogen-bond acceptors (Lipinski definition) is 3. The number of carbonyl (C=O) groups is 1. The summed E-state index contributed by atoms with van der Waals surface area (Å²) in [7, 11) is 1.64. The van der Waals surface area contributed by atoms with Crippen molar-refractivity contribution in [1.82, 2.24) is 16.0 Å². The Kier molecular flexibility index (Phi) is 9.20. The van der Waals surface area contributed by atoms with Crippen molar-refractivity contribution in [2.45, 2.75) is 20.3 Å². The highest BCUT2D eigenvalue weighted by Gasteiger charge is 2.33. The van der Waals surface area contributed by atoms with Crippen LogP contribution in [0.2, 0.25) is 0 Å². The Morgan fingerprint density at radius 1 is 1.32 bits per heavy atom. The molecular formula is C18H29IN4O2. The summed E-state index contributed by atoms with van der Waals surface area (Å²) in [5, 5.41) is 9.26. The molecule has 0 bridgehead atoms. The van der Waals surface area contributed by atoms with E-state index in [1.54, 1.807) is 7.05 Å². The minimum absolute atomic E-state index is 0. The number of rotatable bonds is 7. The van der Waals surface area contributed by atoms with E-state index in [1.807, 2.05) is 24.3 Å². The van der Waals surface area contributed by atoms with Crippen molar-refractivity contribution >= 4 is 35.8 Å². The zero-order chi connectivity index (χ0) is 17.4. The van der Waals surface area contributed by atoms with E-state index in [0.717, 1.165) is 50.8 Å². The van der Waals surface area contributed by atoms with Gasteiger partial charge in [0, 0.05) is 31.1 Å². The van der Waals surface area contributed by atoms with Crippen molar-refractivity contribution in [3.05, 3.63) is 35.4 Å². The predicted molar refractivity (Wildman–Crippen MR) is 112 cm³/mol. The summed E-state index contributed by atoms with van der Waals surface area (Å²) >= 11 is 0. The van der Waals surface area contributed by atoms with Crippen molar-refractivity contribution in [3.8, 4) is 0 Å². The van der Waals surface area contributed by atoms with Crippen LogP contribution in [-0.2, 0) is 11.2 Å². The molecule has 1 aliphatic heterocycles. The second-order valence-corrected chi connectivity index (χ2v) is 6.45. The summed E-state index contributed by atoms with van der Waals surface area (Å²) < 4.78 is 5.27. The highest BCUT2D eigenvalue weighted by Crippen LogP contribution is 2.26. The smallest absolute Gasteiger partial charge is 0.251 e. The van der Waals surface area contributed by atoms with E-state index in [9.17, 15) is 4.79 Å². The van der Waals surface area contributed by atoms with Gasteiger partial charge in [-0.15, -0.1) is 24.0 Å². The molecule has 6 nitrogen and oxygen atoms in total. The minimum atomic E-state index is -0.0596. The van der Waals surface area contributed by atoms with Gasteiger partial charge in [-0.25, -0.2) is 0 Å². The molecule has 7 heteroatoms. The molecule has 1 heterocycles. The van der Waals surface area contributed by atoms with Crippen LogP contribution in [0.4, 0.5) is 0 Å². The van der Waals surface area contributed by atoms with E-state index < -0.39 is 0 Å². The van der Waals surface area contributed by atoms with Gasteiger partial charge in [0.2, 0.25) is 0 Å². The molecule has 1 amide bonds. The summed E-state index contributed by atoms with van der Waals surface area (Å²) in [6, 6.07) is 7.70. The first-order valence-electron chi connectivity index (χ1n) is 8.47. The van der Waals surface area contributed by atoms with Gasteiger partial charge < -0.3 is 20.7 Å². The molecule has 0 atom stereocenters. The van der Waals surface area contributed by atoms with Crippen LogP contribution in [0.1, 0.15) is 29.8 Å². The van der Waals surface area contributed by atoms with Gasteiger partial charge in [-0.2, -0.15) is 0 Å². The maximum atomic E-state index is 11.7. The first-order chi connectivity index (χ1) is 11.6. The topological polar surface area (TPSA) is 74.8 Å². The maximum absolute atomic E-state index is 11.7. The fraction of sp³-hybridized carbons (Fsp3) is 0.556. The normalized spacial score (nSPS) is 15.6. The third kappa shape index (κ3) is 6.81. The number of aliphatic imine (C=N–C) groups is 1. The zero-order valence-electron chi connectivity index (χ0n) is 15.2. The van der Waals surface area contributed by atoms with Crippen LogP contribution in [0.3, 0.4) is 0 Å². The van der Waals surface area contributed by atoms with Crippen molar-refractivity contribution in [3.63, 3.8) is 0 Å².